The second-order valence-electron chi connectivity index (χ2n) is 7.36. The minimum atomic E-state index is 0.0720. The smallest absolute Gasteiger partial charge is 0.253 e. The molecule has 1 fully saturated rings. The number of hydrogen-bond donors (Lipinski definition) is 1. The van der Waals surface area contributed by atoms with Crippen LogP contribution < -0.4 is 0 Å². The summed E-state index contributed by atoms with van der Waals surface area (Å²) in [7, 11) is 0. The maximum atomic E-state index is 13.0. The number of nitrogens with zero attached hydrogens (tertiary/aromatic N) is 3. The number of rotatable bonds is 6. The molecule has 1 amide bonds. The summed E-state index contributed by atoms with van der Waals surface area (Å²) < 4.78 is 5.73. The molecule has 1 saturated heterocycles. The van der Waals surface area contributed by atoms with Crippen LogP contribution in [-0.4, -0.2) is 51.6 Å². The number of imidazole rings is 1. The second-order valence-corrected chi connectivity index (χ2v) is 7.36. The first kappa shape index (κ1) is 18.6. The van der Waals surface area contributed by atoms with E-state index in [2.05, 4.69) is 27.9 Å². The maximum absolute atomic E-state index is 13.0. The molecule has 0 aliphatic carbocycles. The molecule has 0 saturated carbocycles. The Labute approximate surface area is 164 Å². The summed E-state index contributed by atoms with van der Waals surface area (Å²) in [6.07, 6.45) is 4.88. The highest BCUT2D eigenvalue weighted by atomic mass is 16.5. The molecule has 1 atom stereocenters. The first-order valence-corrected chi connectivity index (χ1v) is 9.97. The lowest BCUT2D eigenvalue weighted by molar-refractivity contribution is 0.0526. The summed E-state index contributed by atoms with van der Waals surface area (Å²) in [5.41, 5.74) is 5.34. The third kappa shape index (κ3) is 3.78. The molecule has 1 aliphatic rings. The number of hydrogen-bond acceptors (Lipinski definition) is 4. The summed E-state index contributed by atoms with van der Waals surface area (Å²) in [5.74, 6) is 0.0720. The minimum absolute atomic E-state index is 0.0720. The Morgan fingerprint density at radius 2 is 2.14 bits per heavy atom. The molecule has 1 aromatic carbocycles. The van der Waals surface area contributed by atoms with Crippen LogP contribution in [0.25, 0.3) is 22.3 Å². The summed E-state index contributed by atoms with van der Waals surface area (Å²) in [6, 6.07) is 9.87. The van der Waals surface area contributed by atoms with Crippen molar-refractivity contribution in [2.45, 2.75) is 39.2 Å². The zero-order valence-corrected chi connectivity index (χ0v) is 16.4. The maximum Gasteiger partial charge on any atom is 0.253 e. The van der Waals surface area contributed by atoms with Crippen LogP contribution in [0.2, 0.25) is 0 Å². The van der Waals surface area contributed by atoms with Crippen LogP contribution in [-0.2, 0) is 4.74 Å². The first-order chi connectivity index (χ1) is 13.7. The van der Waals surface area contributed by atoms with E-state index in [1.54, 1.807) is 6.33 Å². The summed E-state index contributed by atoms with van der Waals surface area (Å²) >= 11 is 0. The van der Waals surface area contributed by atoms with Gasteiger partial charge >= 0.3 is 0 Å². The van der Waals surface area contributed by atoms with E-state index in [0.29, 0.717) is 12.1 Å². The number of aromatic nitrogens is 3. The molecule has 3 aromatic rings. The molecule has 0 bridgehead atoms. The molecule has 6 heteroatoms. The molecule has 0 spiro atoms. The van der Waals surface area contributed by atoms with Gasteiger partial charge in [-0.3, -0.25) is 4.79 Å². The zero-order chi connectivity index (χ0) is 19.5. The predicted molar refractivity (Wildman–Crippen MR) is 109 cm³/mol. The lowest BCUT2D eigenvalue weighted by atomic mass is 10.0. The van der Waals surface area contributed by atoms with E-state index in [9.17, 15) is 4.79 Å². The van der Waals surface area contributed by atoms with Crippen molar-refractivity contribution >= 4 is 17.1 Å². The van der Waals surface area contributed by atoms with Gasteiger partial charge in [0.2, 0.25) is 0 Å². The number of aryl methyl sites for hydroxylation is 1. The van der Waals surface area contributed by atoms with E-state index in [1.807, 2.05) is 36.1 Å². The van der Waals surface area contributed by atoms with Crippen molar-refractivity contribution in [3.05, 3.63) is 47.9 Å². The number of nitrogens with one attached hydrogen (secondary N) is 1. The fraction of sp³-hybridized carbons (Fsp3) is 0.409. The van der Waals surface area contributed by atoms with Crippen LogP contribution in [0.1, 0.15) is 42.2 Å². The number of carbonyl (C=O) groups excluding carboxylic acids is 1. The Morgan fingerprint density at radius 1 is 1.32 bits per heavy atom. The van der Waals surface area contributed by atoms with Crippen molar-refractivity contribution in [1.82, 2.24) is 19.9 Å². The molecule has 146 valence electrons. The Bertz CT molecular complexity index is 958. The summed E-state index contributed by atoms with van der Waals surface area (Å²) in [6.45, 7) is 6.31. The lowest BCUT2D eigenvalue weighted by Gasteiger charge is -2.25. The van der Waals surface area contributed by atoms with Crippen LogP contribution in [0.3, 0.4) is 0 Å². The molecule has 2 aromatic heterocycles. The number of fused-ring (bicyclic) bond motifs is 1. The number of aromatic amines is 1. The van der Waals surface area contributed by atoms with E-state index < -0.39 is 0 Å². The van der Waals surface area contributed by atoms with Gasteiger partial charge in [-0.05, 0) is 49.9 Å². The topological polar surface area (TPSA) is 71.1 Å². The Morgan fingerprint density at radius 3 is 2.86 bits per heavy atom. The van der Waals surface area contributed by atoms with Crippen molar-refractivity contribution < 1.29 is 9.53 Å². The number of H-pyrrole nitrogens is 1. The molecule has 28 heavy (non-hydrogen) atoms. The third-order valence-electron chi connectivity index (χ3n) is 5.27. The van der Waals surface area contributed by atoms with Gasteiger partial charge in [-0.25, -0.2) is 9.97 Å². The molecule has 0 radical (unpaired) electrons. The van der Waals surface area contributed by atoms with Crippen molar-refractivity contribution in [1.29, 1.82) is 0 Å². The monoisotopic (exact) mass is 378 g/mol. The van der Waals surface area contributed by atoms with Crippen molar-refractivity contribution in [3.63, 3.8) is 0 Å². The van der Waals surface area contributed by atoms with Gasteiger partial charge in [0.25, 0.3) is 5.91 Å². The number of carbonyl (C=O) groups is 1. The predicted octanol–water partition coefficient (Wildman–Crippen LogP) is 3.96. The molecule has 1 aliphatic heterocycles. The molecular formula is C22H26N4O2. The Balaban J connectivity index is 1.55. The van der Waals surface area contributed by atoms with Gasteiger partial charge in [-0.1, -0.05) is 19.1 Å². The standard InChI is InChI=1S/C22H26N4O2/c1-3-10-26(13-18-5-4-11-28-18)22(27)17-8-6-16(7-9-17)19-12-20-21(24-14-23-20)25-15(19)2/h6-9,12,14,18H,3-5,10-11,13H2,1-2H3,(H,23,24,25)/t18-/m0/s1. The quantitative estimate of drug-likeness (QED) is 0.705. The van der Waals surface area contributed by atoms with E-state index in [1.165, 1.54) is 0 Å². The van der Waals surface area contributed by atoms with Crippen LogP contribution in [0.4, 0.5) is 0 Å². The van der Waals surface area contributed by atoms with Gasteiger partial charge in [0.1, 0.15) is 0 Å². The second kappa shape index (κ2) is 8.10. The molecule has 6 nitrogen and oxygen atoms in total. The number of benzene rings is 1. The van der Waals surface area contributed by atoms with Crippen molar-refractivity contribution in [3.8, 4) is 11.1 Å². The van der Waals surface area contributed by atoms with Gasteiger partial charge in [0.05, 0.1) is 17.9 Å². The SMILES string of the molecule is CCCN(C[C@@H]1CCCO1)C(=O)c1ccc(-c2cc3[nH]cnc3nc2C)cc1. The van der Waals surface area contributed by atoms with Crippen LogP contribution in [0, 0.1) is 6.92 Å². The minimum Gasteiger partial charge on any atom is -0.376 e. The van der Waals surface area contributed by atoms with E-state index in [-0.39, 0.29) is 12.0 Å². The largest absolute Gasteiger partial charge is 0.376 e. The molecule has 4 rings (SSSR count). The van der Waals surface area contributed by atoms with Crippen LogP contribution >= 0.6 is 0 Å². The Hall–Kier alpha value is -2.73. The fourth-order valence-electron chi connectivity index (χ4n) is 3.81. The van der Waals surface area contributed by atoms with Gasteiger partial charge in [0.15, 0.2) is 5.65 Å². The third-order valence-corrected chi connectivity index (χ3v) is 5.27. The molecule has 1 N–H and O–H groups in total. The first-order valence-electron chi connectivity index (χ1n) is 9.97. The molecule has 3 heterocycles. The van der Waals surface area contributed by atoms with Gasteiger partial charge in [-0.2, -0.15) is 0 Å². The Kier molecular flexibility index (Phi) is 5.39. The van der Waals surface area contributed by atoms with E-state index in [4.69, 9.17) is 4.74 Å². The fourth-order valence-corrected chi connectivity index (χ4v) is 3.81. The highest BCUT2D eigenvalue weighted by molar-refractivity contribution is 5.95. The normalized spacial score (nSPS) is 16.6. The number of amides is 1. The lowest BCUT2D eigenvalue weighted by Crippen LogP contribution is -2.37. The van der Waals surface area contributed by atoms with Crippen LogP contribution in [0.15, 0.2) is 36.7 Å². The number of ether oxygens (including phenoxy) is 1. The molecule has 0 unspecified atom stereocenters. The van der Waals surface area contributed by atoms with Gasteiger partial charge in [0, 0.05) is 36.5 Å². The van der Waals surface area contributed by atoms with Crippen molar-refractivity contribution in [2.75, 3.05) is 19.7 Å². The van der Waals surface area contributed by atoms with E-state index >= 15 is 0 Å². The highest BCUT2D eigenvalue weighted by Crippen LogP contribution is 2.26. The van der Waals surface area contributed by atoms with Gasteiger partial charge in [-0.15, -0.1) is 0 Å². The average molecular weight is 378 g/mol. The average Bonchev–Trinajstić information content (AvgIpc) is 3.38. The van der Waals surface area contributed by atoms with Crippen LogP contribution in [0.5, 0.6) is 0 Å². The summed E-state index contributed by atoms with van der Waals surface area (Å²) in [4.78, 5) is 26.8. The number of pyridine rings is 1. The zero-order valence-electron chi connectivity index (χ0n) is 16.4. The van der Waals surface area contributed by atoms with E-state index in [0.717, 1.165) is 60.4 Å². The van der Waals surface area contributed by atoms with Crippen molar-refractivity contribution in [2.24, 2.45) is 0 Å². The van der Waals surface area contributed by atoms with Gasteiger partial charge < -0.3 is 14.6 Å². The molecular weight excluding hydrogens is 352 g/mol. The summed E-state index contributed by atoms with van der Waals surface area (Å²) in [5, 5.41) is 0. The highest BCUT2D eigenvalue weighted by Gasteiger charge is 2.23.